The number of anilines is 2. The standard InChI is InChI=1S/C18H23N5O3/c1-22-6-8-23(9-7-22)18-19-11-14(12-20-18)21-17(24)13-4-5-15(25-2)16(10-13)26-3/h4-5,10-12H,6-9H2,1-3H3,(H,21,24). The van der Waals surface area contributed by atoms with Crippen LogP contribution in [-0.4, -0.2) is 68.2 Å². The number of carbonyl (C=O) groups excluding carboxylic acids is 1. The highest BCUT2D eigenvalue weighted by molar-refractivity contribution is 6.04. The molecule has 1 aliphatic heterocycles. The fraction of sp³-hybridized carbons (Fsp3) is 0.389. The molecule has 0 saturated carbocycles. The third-order valence-electron chi connectivity index (χ3n) is 4.33. The number of hydrogen-bond donors (Lipinski definition) is 1. The Hall–Kier alpha value is -2.87. The number of nitrogens with one attached hydrogen (secondary N) is 1. The molecule has 0 aliphatic carbocycles. The van der Waals surface area contributed by atoms with Gasteiger partial charge in [0, 0.05) is 31.7 Å². The molecule has 1 aliphatic rings. The van der Waals surface area contributed by atoms with Gasteiger partial charge in [0.25, 0.3) is 5.91 Å². The summed E-state index contributed by atoms with van der Waals surface area (Å²) >= 11 is 0. The smallest absolute Gasteiger partial charge is 0.255 e. The number of piperazine rings is 1. The molecular formula is C18H23N5O3. The number of carbonyl (C=O) groups is 1. The van der Waals surface area contributed by atoms with Gasteiger partial charge >= 0.3 is 0 Å². The van der Waals surface area contributed by atoms with Crippen LogP contribution in [0.1, 0.15) is 10.4 Å². The molecule has 2 aromatic rings. The number of aromatic nitrogens is 2. The molecule has 0 spiro atoms. The molecule has 138 valence electrons. The number of methoxy groups -OCH3 is 2. The SMILES string of the molecule is COc1ccc(C(=O)Nc2cnc(N3CCN(C)CC3)nc2)cc1OC. The van der Waals surface area contributed by atoms with Gasteiger partial charge in [-0.05, 0) is 25.2 Å². The number of likely N-dealkylation sites (N-methyl/N-ethyl adjacent to an activating group) is 1. The first-order chi connectivity index (χ1) is 12.6. The summed E-state index contributed by atoms with van der Waals surface area (Å²) in [6.45, 7) is 3.77. The summed E-state index contributed by atoms with van der Waals surface area (Å²) in [5.41, 5.74) is 1.01. The Bertz CT molecular complexity index is 758. The van der Waals surface area contributed by atoms with Crippen LogP contribution in [0.15, 0.2) is 30.6 Å². The van der Waals surface area contributed by atoms with Crippen molar-refractivity contribution >= 4 is 17.5 Å². The lowest BCUT2D eigenvalue weighted by Gasteiger charge is -2.32. The third kappa shape index (κ3) is 4.02. The highest BCUT2D eigenvalue weighted by Crippen LogP contribution is 2.27. The number of benzene rings is 1. The Labute approximate surface area is 152 Å². The lowest BCUT2D eigenvalue weighted by molar-refractivity contribution is 0.102. The molecule has 3 rings (SSSR count). The monoisotopic (exact) mass is 357 g/mol. The number of nitrogens with zero attached hydrogens (tertiary/aromatic N) is 4. The number of amides is 1. The van der Waals surface area contributed by atoms with Gasteiger partial charge in [-0.25, -0.2) is 9.97 Å². The number of ether oxygens (including phenoxy) is 2. The Kier molecular flexibility index (Phi) is 5.52. The van der Waals surface area contributed by atoms with Crippen molar-refractivity contribution in [3.05, 3.63) is 36.2 Å². The van der Waals surface area contributed by atoms with Crippen LogP contribution in [0.5, 0.6) is 11.5 Å². The van der Waals surface area contributed by atoms with Gasteiger partial charge in [-0.2, -0.15) is 0 Å². The van der Waals surface area contributed by atoms with Gasteiger partial charge in [0.1, 0.15) is 0 Å². The van der Waals surface area contributed by atoms with E-state index in [-0.39, 0.29) is 5.91 Å². The van der Waals surface area contributed by atoms with E-state index in [1.54, 1.807) is 37.7 Å². The van der Waals surface area contributed by atoms with E-state index in [1.807, 2.05) is 0 Å². The van der Waals surface area contributed by atoms with E-state index in [1.165, 1.54) is 7.11 Å². The first-order valence-electron chi connectivity index (χ1n) is 8.39. The van der Waals surface area contributed by atoms with E-state index in [0.29, 0.717) is 28.7 Å². The molecule has 1 aromatic heterocycles. The average molecular weight is 357 g/mol. The summed E-state index contributed by atoms with van der Waals surface area (Å²) in [4.78, 5) is 25.6. The minimum absolute atomic E-state index is 0.262. The fourth-order valence-electron chi connectivity index (χ4n) is 2.74. The van der Waals surface area contributed by atoms with E-state index in [0.717, 1.165) is 26.2 Å². The Morgan fingerprint density at radius 1 is 1.04 bits per heavy atom. The molecule has 26 heavy (non-hydrogen) atoms. The molecule has 0 bridgehead atoms. The van der Waals surface area contributed by atoms with Gasteiger partial charge in [-0.3, -0.25) is 4.79 Å². The van der Waals surface area contributed by atoms with Gasteiger partial charge < -0.3 is 24.6 Å². The molecule has 2 heterocycles. The largest absolute Gasteiger partial charge is 0.493 e. The Morgan fingerprint density at radius 2 is 1.69 bits per heavy atom. The third-order valence-corrected chi connectivity index (χ3v) is 4.33. The van der Waals surface area contributed by atoms with Crippen LogP contribution in [-0.2, 0) is 0 Å². The maximum atomic E-state index is 12.4. The van der Waals surface area contributed by atoms with Crippen molar-refractivity contribution < 1.29 is 14.3 Å². The highest BCUT2D eigenvalue weighted by Gasteiger charge is 2.16. The normalized spacial score (nSPS) is 14.8. The second-order valence-corrected chi connectivity index (χ2v) is 6.09. The van der Waals surface area contributed by atoms with Crippen LogP contribution < -0.4 is 19.7 Å². The zero-order valence-electron chi connectivity index (χ0n) is 15.2. The Balaban J connectivity index is 1.66. The molecule has 0 atom stereocenters. The zero-order chi connectivity index (χ0) is 18.5. The first kappa shape index (κ1) is 17.9. The van der Waals surface area contributed by atoms with Gasteiger partial charge in [-0.15, -0.1) is 0 Å². The maximum Gasteiger partial charge on any atom is 0.255 e. The zero-order valence-corrected chi connectivity index (χ0v) is 15.2. The molecule has 0 unspecified atom stereocenters. The van der Waals surface area contributed by atoms with E-state index in [4.69, 9.17) is 9.47 Å². The van der Waals surface area contributed by atoms with Gasteiger partial charge in [0.2, 0.25) is 5.95 Å². The van der Waals surface area contributed by atoms with Gasteiger partial charge in [-0.1, -0.05) is 0 Å². The van der Waals surface area contributed by atoms with E-state index in [9.17, 15) is 4.79 Å². The molecule has 1 fully saturated rings. The van der Waals surface area contributed by atoms with Gasteiger partial charge in [0.05, 0.1) is 32.3 Å². The average Bonchev–Trinajstić information content (AvgIpc) is 2.68. The molecule has 1 N–H and O–H groups in total. The summed E-state index contributed by atoms with van der Waals surface area (Å²) in [5.74, 6) is 1.50. The van der Waals surface area contributed by atoms with Crippen LogP contribution in [0, 0.1) is 0 Å². The van der Waals surface area contributed by atoms with E-state index < -0.39 is 0 Å². The van der Waals surface area contributed by atoms with Gasteiger partial charge in [0.15, 0.2) is 11.5 Å². The molecule has 1 amide bonds. The lowest BCUT2D eigenvalue weighted by Crippen LogP contribution is -2.45. The molecule has 1 saturated heterocycles. The highest BCUT2D eigenvalue weighted by atomic mass is 16.5. The minimum atomic E-state index is -0.262. The van der Waals surface area contributed by atoms with Crippen LogP contribution in [0.25, 0.3) is 0 Å². The molecular weight excluding hydrogens is 334 g/mol. The van der Waals surface area contributed by atoms with E-state index in [2.05, 4.69) is 32.1 Å². The Morgan fingerprint density at radius 3 is 2.31 bits per heavy atom. The fourth-order valence-corrected chi connectivity index (χ4v) is 2.74. The molecule has 8 nitrogen and oxygen atoms in total. The second-order valence-electron chi connectivity index (χ2n) is 6.09. The summed E-state index contributed by atoms with van der Waals surface area (Å²) in [7, 11) is 5.19. The van der Waals surface area contributed by atoms with Crippen molar-refractivity contribution in [2.45, 2.75) is 0 Å². The number of hydrogen-bond acceptors (Lipinski definition) is 7. The second kappa shape index (κ2) is 8.01. The van der Waals surface area contributed by atoms with Crippen molar-refractivity contribution in [1.82, 2.24) is 14.9 Å². The van der Waals surface area contributed by atoms with Crippen LogP contribution >= 0.6 is 0 Å². The van der Waals surface area contributed by atoms with Crippen molar-refractivity contribution in [3.8, 4) is 11.5 Å². The first-order valence-corrected chi connectivity index (χ1v) is 8.39. The minimum Gasteiger partial charge on any atom is -0.493 e. The maximum absolute atomic E-state index is 12.4. The van der Waals surface area contributed by atoms with Crippen LogP contribution in [0.3, 0.4) is 0 Å². The summed E-state index contributed by atoms with van der Waals surface area (Å²) in [6, 6.07) is 5.00. The summed E-state index contributed by atoms with van der Waals surface area (Å²) in [6.07, 6.45) is 3.25. The number of rotatable bonds is 5. The molecule has 0 radical (unpaired) electrons. The topological polar surface area (TPSA) is 79.8 Å². The van der Waals surface area contributed by atoms with E-state index >= 15 is 0 Å². The van der Waals surface area contributed by atoms with Crippen molar-refractivity contribution in [1.29, 1.82) is 0 Å². The van der Waals surface area contributed by atoms with Crippen LogP contribution in [0.2, 0.25) is 0 Å². The van der Waals surface area contributed by atoms with Crippen molar-refractivity contribution in [3.63, 3.8) is 0 Å². The lowest BCUT2D eigenvalue weighted by atomic mass is 10.2. The van der Waals surface area contributed by atoms with Crippen molar-refractivity contribution in [2.75, 3.05) is 57.7 Å². The van der Waals surface area contributed by atoms with Crippen LogP contribution in [0.4, 0.5) is 11.6 Å². The molecule has 8 heteroatoms. The predicted molar refractivity (Wildman–Crippen MR) is 99.2 cm³/mol. The summed E-state index contributed by atoms with van der Waals surface area (Å²) < 4.78 is 10.4. The summed E-state index contributed by atoms with van der Waals surface area (Å²) in [5, 5.41) is 2.80. The van der Waals surface area contributed by atoms with Crippen molar-refractivity contribution in [2.24, 2.45) is 0 Å². The molecule has 1 aromatic carbocycles. The quantitative estimate of drug-likeness (QED) is 0.868. The predicted octanol–water partition coefficient (Wildman–Crippen LogP) is 1.50.